The summed E-state index contributed by atoms with van der Waals surface area (Å²) in [6.07, 6.45) is 5.09. The number of carbonyl (C=O) groups excluding carboxylic acids is 2. The van der Waals surface area contributed by atoms with Crippen LogP contribution >= 0.6 is 11.6 Å². The zero-order valence-corrected chi connectivity index (χ0v) is 17.1. The number of benzene rings is 2. The van der Waals surface area contributed by atoms with Gasteiger partial charge < -0.3 is 4.90 Å². The van der Waals surface area contributed by atoms with E-state index < -0.39 is 5.91 Å². The molecule has 0 radical (unpaired) electrons. The van der Waals surface area contributed by atoms with Crippen LogP contribution in [0.3, 0.4) is 0 Å². The van der Waals surface area contributed by atoms with E-state index >= 15 is 0 Å². The number of rotatable bonds is 5. The molecule has 30 heavy (non-hydrogen) atoms. The quantitative estimate of drug-likeness (QED) is 0.618. The van der Waals surface area contributed by atoms with Gasteiger partial charge in [0.25, 0.3) is 11.8 Å². The number of hydrogen-bond donors (Lipinski definition) is 2. The Bertz CT molecular complexity index is 1060. The molecule has 8 heteroatoms. The highest BCUT2D eigenvalue weighted by atomic mass is 35.5. The average Bonchev–Trinajstić information content (AvgIpc) is 3.23. The second-order valence-electron chi connectivity index (χ2n) is 7.17. The molecule has 0 aliphatic carbocycles. The molecule has 0 saturated carbocycles. The van der Waals surface area contributed by atoms with Crippen LogP contribution in [0.25, 0.3) is 0 Å². The monoisotopic (exact) mass is 423 g/mol. The zero-order valence-electron chi connectivity index (χ0n) is 16.3. The number of nitrogens with one attached hydrogen (secondary N) is 2. The van der Waals surface area contributed by atoms with Crippen LogP contribution in [0, 0.1) is 0 Å². The molecular formula is C22H22ClN5O2. The summed E-state index contributed by atoms with van der Waals surface area (Å²) in [5, 5.41) is 4.84. The minimum absolute atomic E-state index is 0.184. The summed E-state index contributed by atoms with van der Waals surface area (Å²) in [5.41, 5.74) is 8.52. The number of hydrogen-bond acceptors (Lipinski definition) is 4. The van der Waals surface area contributed by atoms with Gasteiger partial charge in [0.1, 0.15) is 0 Å². The third-order valence-electron chi connectivity index (χ3n) is 5.04. The number of fused-ring (bicyclic) bond motifs is 1. The van der Waals surface area contributed by atoms with Crippen molar-refractivity contribution in [3.8, 4) is 0 Å². The maximum Gasteiger partial charge on any atom is 0.272 e. The van der Waals surface area contributed by atoms with Gasteiger partial charge in [0.15, 0.2) is 0 Å². The van der Waals surface area contributed by atoms with Crippen molar-refractivity contribution in [2.75, 3.05) is 18.0 Å². The zero-order chi connectivity index (χ0) is 20.9. The third-order valence-corrected chi connectivity index (χ3v) is 5.41. The van der Waals surface area contributed by atoms with Crippen LogP contribution < -0.4 is 15.8 Å². The molecule has 0 atom stereocenters. The minimum Gasteiger partial charge on any atom is -0.362 e. The third kappa shape index (κ3) is 4.63. The number of anilines is 1. The van der Waals surface area contributed by atoms with E-state index in [-0.39, 0.29) is 12.5 Å². The average molecular weight is 424 g/mol. The molecule has 2 amide bonds. The first-order valence-electron chi connectivity index (χ1n) is 9.78. The van der Waals surface area contributed by atoms with Crippen molar-refractivity contribution in [3.05, 3.63) is 82.6 Å². The minimum atomic E-state index is -0.423. The van der Waals surface area contributed by atoms with Gasteiger partial charge in [-0.05, 0) is 36.1 Å². The highest BCUT2D eigenvalue weighted by Crippen LogP contribution is 2.26. The van der Waals surface area contributed by atoms with E-state index in [9.17, 15) is 9.59 Å². The van der Waals surface area contributed by atoms with Crippen molar-refractivity contribution in [3.63, 3.8) is 0 Å². The van der Waals surface area contributed by atoms with Crippen LogP contribution in [-0.4, -0.2) is 34.7 Å². The first-order chi connectivity index (χ1) is 14.6. The van der Waals surface area contributed by atoms with Crippen molar-refractivity contribution in [2.45, 2.75) is 19.4 Å². The number of halogens is 1. The number of aromatic nitrogens is 2. The lowest BCUT2D eigenvalue weighted by atomic mass is 10.0. The summed E-state index contributed by atoms with van der Waals surface area (Å²) < 4.78 is 1.63. The fourth-order valence-corrected chi connectivity index (χ4v) is 3.75. The molecule has 2 aromatic carbocycles. The maximum atomic E-state index is 12.4. The molecule has 4 rings (SSSR count). The van der Waals surface area contributed by atoms with Gasteiger partial charge >= 0.3 is 0 Å². The molecule has 0 fully saturated rings. The molecule has 0 bridgehead atoms. The van der Waals surface area contributed by atoms with Crippen LogP contribution in [0.4, 0.5) is 5.69 Å². The molecule has 2 N–H and O–H groups in total. The van der Waals surface area contributed by atoms with Gasteiger partial charge in [0, 0.05) is 23.5 Å². The molecule has 3 aromatic rings. The summed E-state index contributed by atoms with van der Waals surface area (Å²) in [5.74, 6) is -0.698. The van der Waals surface area contributed by atoms with Gasteiger partial charge in [-0.1, -0.05) is 48.0 Å². The van der Waals surface area contributed by atoms with Crippen molar-refractivity contribution in [1.82, 2.24) is 20.6 Å². The lowest BCUT2D eigenvalue weighted by Gasteiger charge is -2.30. The predicted molar refractivity (Wildman–Crippen MR) is 115 cm³/mol. The van der Waals surface area contributed by atoms with Gasteiger partial charge in [-0.3, -0.25) is 25.1 Å². The number of amides is 2. The number of para-hydroxylation sites is 1. The highest BCUT2D eigenvalue weighted by Gasteiger charge is 2.19. The summed E-state index contributed by atoms with van der Waals surface area (Å²) in [6, 6.07) is 15.6. The second-order valence-corrected chi connectivity index (χ2v) is 7.58. The lowest BCUT2D eigenvalue weighted by Crippen LogP contribution is -2.47. The van der Waals surface area contributed by atoms with Crippen LogP contribution in [0.2, 0.25) is 5.02 Å². The Morgan fingerprint density at radius 1 is 1.07 bits per heavy atom. The van der Waals surface area contributed by atoms with E-state index in [2.05, 4.69) is 22.0 Å². The van der Waals surface area contributed by atoms with E-state index in [4.69, 9.17) is 11.6 Å². The molecule has 2 heterocycles. The molecule has 0 spiro atoms. The lowest BCUT2D eigenvalue weighted by molar-refractivity contribution is -0.120. The van der Waals surface area contributed by atoms with Crippen LogP contribution in [-0.2, 0) is 17.8 Å². The Kier molecular flexibility index (Phi) is 5.99. The summed E-state index contributed by atoms with van der Waals surface area (Å²) >= 11 is 6.17. The molecule has 0 unspecified atom stereocenters. The van der Waals surface area contributed by atoms with Crippen LogP contribution in [0.5, 0.6) is 0 Å². The van der Waals surface area contributed by atoms with Crippen molar-refractivity contribution >= 4 is 29.1 Å². The van der Waals surface area contributed by atoms with E-state index in [1.165, 1.54) is 11.8 Å². The highest BCUT2D eigenvalue weighted by molar-refractivity contribution is 6.31. The Morgan fingerprint density at radius 3 is 2.73 bits per heavy atom. The van der Waals surface area contributed by atoms with Gasteiger partial charge in [0.05, 0.1) is 24.8 Å². The Morgan fingerprint density at radius 2 is 1.87 bits per heavy atom. The number of nitrogens with zero attached hydrogens (tertiary/aromatic N) is 3. The van der Waals surface area contributed by atoms with Crippen molar-refractivity contribution in [2.24, 2.45) is 0 Å². The first-order valence-corrected chi connectivity index (χ1v) is 10.2. The number of carbonyl (C=O) groups is 2. The van der Waals surface area contributed by atoms with E-state index in [0.717, 1.165) is 30.6 Å². The summed E-state index contributed by atoms with van der Waals surface area (Å²) in [7, 11) is 0. The molecular weight excluding hydrogens is 402 g/mol. The topological polar surface area (TPSA) is 79.3 Å². The van der Waals surface area contributed by atoms with Crippen molar-refractivity contribution < 1.29 is 9.59 Å². The SMILES string of the molecule is O=C(CN1CCCc2ccccc21)NNC(=O)c1cnn(Cc2ccccc2Cl)c1. The van der Waals surface area contributed by atoms with Gasteiger partial charge in [-0.25, -0.2) is 0 Å². The van der Waals surface area contributed by atoms with E-state index in [0.29, 0.717) is 17.1 Å². The molecule has 1 aliphatic rings. The maximum absolute atomic E-state index is 12.4. The van der Waals surface area contributed by atoms with Crippen molar-refractivity contribution in [1.29, 1.82) is 0 Å². The standard InChI is InChI=1S/C22H22ClN5O2/c23-19-9-3-1-7-17(19)13-28-14-18(12-24-28)22(30)26-25-21(29)15-27-11-5-8-16-6-2-4-10-20(16)27/h1-4,6-7,9-10,12,14H,5,8,11,13,15H2,(H,25,29)(H,26,30). The van der Waals surface area contributed by atoms with Gasteiger partial charge in [-0.2, -0.15) is 5.10 Å². The molecule has 1 aliphatic heterocycles. The Hall–Kier alpha value is -3.32. The second kappa shape index (κ2) is 9.00. The fraction of sp³-hybridized carbons (Fsp3) is 0.227. The molecule has 154 valence electrons. The van der Waals surface area contributed by atoms with E-state index in [1.54, 1.807) is 10.9 Å². The molecule has 1 aromatic heterocycles. The fourth-order valence-electron chi connectivity index (χ4n) is 3.56. The molecule has 7 nitrogen and oxygen atoms in total. The number of hydrazine groups is 1. The van der Waals surface area contributed by atoms with Gasteiger partial charge in [0.2, 0.25) is 0 Å². The predicted octanol–water partition coefficient (Wildman–Crippen LogP) is 2.80. The van der Waals surface area contributed by atoms with Crippen LogP contribution in [0.1, 0.15) is 27.9 Å². The Balaban J connectivity index is 1.30. The molecule has 0 saturated heterocycles. The van der Waals surface area contributed by atoms with E-state index in [1.807, 2.05) is 47.4 Å². The number of aryl methyl sites for hydroxylation is 1. The summed E-state index contributed by atoms with van der Waals surface area (Å²) in [4.78, 5) is 26.7. The summed E-state index contributed by atoms with van der Waals surface area (Å²) in [6.45, 7) is 1.45. The normalized spacial score (nSPS) is 12.9. The Labute approximate surface area is 179 Å². The first kappa shape index (κ1) is 20.0. The van der Waals surface area contributed by atoms with Gasteiger partial charge in [-0.15, -0.1) is 0 Å². The largest absolute Gasteiger partial charge is 0.362 e. The smallest absolute Gasteiger partial charge is 0.272 e. The van der Waals surface area contributed by atoms with Crippen LogP contribution in [0.15, 0.2) is 60.9 Å².